The zero-order valence-electron chi connectivity index (χ0n) is 16.2. The third-order valence-electron chi connectivity index (χ3n) is 4.51. The first-order valence-corrected chi connectivity index (χ1v) is 8.83. The lowest BCUT2D eigenvalue weighted by Gasteiger charge is -2.26. The summed E-state index contributed by atoms with van der Waals surface area (Å²) >= 11 is 0. The Morgan fingerprint density at radius 3 is 2.59 bits per heavy atom. The van der Waals surface area contributed by atoms with E-state index in [1.807, 2.05) is 56.4 Å². The van der Waals surface area contributed by atoms with Gasteiger partial charge in [0.2, 0.25) is 5.89 Å². The third kappa shape index (κ3) is 4.35. The summed E-state index contributed by atoms with van der Waals surface area (Å²) < 4.78 is 16.8. The SMILES string of the molecule is COCC(c1ccccn1)N(C)Cc1nc(-c2ccccc2OC)oc1C. The van der Waals surface area contributed by atoms with Crippen molar-refractivity contribution in [3.63, 3.8) is 0 Å². The van der Waals surface area contributed by atoms with Crippen molar-refractivity contribution in [3.8, 4) is 17.2 Å². The molecule has 142 valence electrons. The van der Waals surface area contributed by atoms with Crippen molar-refractivity contribution < 1.29 is 13.9 Å². The molecule has 0 amide bonds. The molecule has 0 saturated carbocycles. The van der Waals surface area contributed by atoms with Gasteiger partial charge in [-0.15, -0.1) is 0 Å². The van der Waals surface area contributed by atoms with Crippen molar-refractivity contribution in [1.82, 2.24) is 14.9 Å². The number of aromatic nitrogens is 2. The Kier molecular flexibility index (Phi) is 6.21. The molecular formula is C21H25N3O3. The van der Waals surface area contributed by atoms with Crippen LogP contribution in [0, 0.1) is 6.92 Å². The molecule has 0 aliphatic rings. The molecule has 1 aromatic carbocycles. The predicted molar refractivity (Wildman–Crippen MR) is 104 cm³/mol. The van der Waals surface area contributed by atoms with Crippen LogP contribution in [-0.2, 0) is 11.3 Å². The van der Waals surface area contributed by atoms with Crippen LogP contribution >= 0.6 is 0 Å². The number of methoxy groups -OCH3 is 2. The van der Waals surface area contributed by atoms with Gasteiger partial charge < -0.3 is 13.9 Å². The Balaban J connectivity index is 1.84. The lowest BCUT2D eigenvalue weighted by Crippen LogP contribution is -2.28. The van der Waals surface area contributed by atoms with Crippen molar-refractivity contribution in [1.29, 1.82) is 0 Å². The largest absolute Gasteiger partial charge is 0.496 e. The van der Waals surface area contributed by atoms with Crippen LogP contribution in [0.15, 0.2) is 53.1 Å². The minimum atomic E-state index is 0.0296. The van der Waals surface area contributed by atoms with E-state index in [2.05, 4.69) is 9.88 Å². The fourth-order valence-electron chi connectivity index (χ4n) is 3.03. The number of rotatable bonds is 8. The quantitative estimate of drug-likeness (QED) is 0.602. The number of pyridine rings is 1. The summed E-state index contributed by atoms with van der Waals surface area (Å²) in [6.07, 6.45) is 1.80. The molecule has 0 bridgehead atoms. The van der Waals surface area contributed by atoms with Crippen LogP contribution < -0.4 is 4.74 Å². The highest BCUT2D eigenvalue weighted by Crippen LogP contribution is 2.31. The second-order valence-corrected chi connectivity index (χ2v) is 6.36. The Morgan fingerprint density at radius 1 is 1.11 bits per heavy atom. The summed E-state index contributed by atoms with van der Waals surface area (Å²) in [6, 6.07) is 13.6. The first-order chi connectivity index (χ1) is 13.1. The lowest BCUT2D eigenvalue weighted by atomic mass is 10.1. The molecule has 6 nitrogen and oxygen atoms in total. The van der Waals surface area contributed by atoms with E-state index in [4.69, 9.17) is 18.9 Å². The monoisotopic (exact) mass is 367 g/mol. The van der Waals surface area contributed by atoms with Gasteiger partial charge in [0.25, 0.3) is 0 Å². The van der Waals surface area contributed by atoms with Gasteiger partial charge >= 0.3 is 0 Å². The van der Waals surface area contributed by atoms with E-state index < -0.39 is 0 Å². The van der Waals surface area contributed by atoms with Gasteiger partial charge in [0.1, 0.15) is 11.5 Å². The van der Waals surface area contributed by atoms with Crippen LogP contribution in [0.2, 0.25) is 0 Å². The third-order valence-corrected chi connectivity index (χ3v) is 4.51. The van der Waals surface area contributed by atoms with Crippen LogP contribution in [0.3, 0.4) is 0 Å². The molecule has 1 atom stereocenters. The van der Waals surface area contributed by atoms with Gasteiger partial charge in [0.05, 0.1) is 36.7 Å². The van der Waals surface area contributed by atoms with E-state index in [9.17, 15) is 0 Å². The van der Waals surface area contributed by atoms with E-state index >= 15 is 0 Å². The summed E-state index contributed by atoms with van der Waals surface area (Å²) in [5, 5.41) is 0. The summed E-state index contributed by atoms with van der Waals surface area (Å²) in [5.74, 6) is 2.10. The first kappa shape index (κ1) is 19.1. The fourth-order valence-corrected chi connectivity index (χ4v) is 3.03. The van der Waals surface area contributed by atoms with E-state index in [1.54, 1.807) is 20.4 Å². The van der Waals surface area contributed by atoms with Gasteiger partial charge in [0, 0.05) is 19.9 Å². The number of aryl methyl sites for hydroxylation is 1. The van der Waals surface area contributed by atoms with Crippen molar-refractivity contribution in [2.45, 2.75) is 19.5 Å². The van der Waals surface area contributed by atoms with Crippen LogP contribution in [-0.4, -0.2) is 42.7 Å². The zero-order valence-corrected chi connectivity index (χ0v) is 16.2. The number of hydrogen-bond acceptors (Lipinski definition) is 6. The molecule has 2 aromatic heterocycles. The second-order valence-electron chi connectivity index (χ2n) is 6.36. The minimum absolute atomic E-state index is 0.0296. The molecule has 2 heterocycles. The van der Waals surface area contributed by atoms with Gasteiger partial charge in [-0.3, -0.25) is 9.88 Å². The van der Waals surface area contributed by atoms with E-state index in [0.717, 1.165) is 28.5 Å². The molecule has 1 unspecified atom stereocenters. The number of oxazole rings is 1. The minimum Gasteiger partial charge on any atom is -0.496 e. The molecule has 0 radical (unpaired) electrons. The number of nitrogens with zero attached hydrogens (tertiary/aromatic N) is 3. The second kappa shape index (κ2) is 8.79. The summed E-state index contributed by atoms with van der Waals surface area (Å²) in [4.78, 5) is 11.4. The van der Waals surface area contributed by atoms with E-state index in [0.29, 0.717) is 19.0 Å². The highest BCUT2D eigenvalue weighted by Gasteiger charge is 2.22. The molecule has 3 aromatic rings. The highest BCUT2D eigenvalue weighted by molar-refractivity contribution is 5.62. The van der Waals surface area contributed by atoms with Gasteiger partial charge in [0.15, 0.2) is 0 Å². The summed E-state index contributed by atoms with van der Waals surface area (Å²) in [7, 11) is 5.38. The Morgan fingerprint density at radius 2 is 1.89 bits per heavy atom. The number of ether oxygens (including phenoxy) is 2. The van der Waals surface area contributed by atoms with Crippen LogP contribution in [0.1, 0.15) is 23.2 Å². The average molecular weight is 367 g/mol. The Labute approximate surface area is 159 Å². The molecular weight excluding hydrogens is 342 g/mol. The maximum absolute atomic E-state index is 5.92. The van der Waals surface area contributed by atoms with Gasteiger partial charge in [-0.25, -0.2) is 4.98 Å². The van der Waals surface area contributed by atoms with Crippen LogP contribution in [0.4, 0.5) is 0 Å². The Bertz CT molecular complexity index is 864. The molecule has 3 rings (SSSR count). The molecule has 0 aliphatic carbocycles. The topological polar surface area (TPSA) is 60.6 Å². The predicted octanol–water partition coefficient (Wildman–Crippen LogP) is 3.87. The normalized spacial score (nSPS) is 12.3. The van der Waals surface area contributed by atoms with Gasteiger partial charge in [-0.1, -0.05) is 18.2 Å². The van der Waals surface area contributed by atoms with Crippen molar-refractivity contribution in [2.75, 3.05) is 27.9 Å². The standard InChI is InChI=1S/C21H25N3O3/c1-15-18(23-21(27-15)16-9-5-6-11-20(16)26-4)13-24(2)19(14-25-3)17-10-7-8-12-22-17/h5-12,19H,13-14H2,1-4H3. The molecule has 0 N–H and O–H groups in total. The molecule has 0 aliphatic heterocycles. The molecule has 0 saturated heterocycles. The van der Waals surface area contributed by atoms with Crippen molar-refractivity contribution in [3.05, 3.63) is 65.8 Å². The number of hydrogen-bond donors (Lipinski definition) is 0. The lowest BCUT2D eigenvalue weighted by molar-refractivity contribution is 0.0991. The van der Waals surface area contributed by atoms with Crippen LogP contribution in [0.25, 0.3) is 11.5 Å². The molecule has 0 fully saturated rings. The summed E-state index contributed by atoms with van der Waals surface area (Å²) in [6.45, 7) is 3.10. The van der Waals surface area contributed by atoms with E-state index in [1.165, 1.54) is 0 Å². The molecule has 6 heteroatoms. The molecule has 0 spiro atoms. The van der Waals surface area contributed by atoms with Gasteiger partial charge in [-0.2, -0.15) is 0 Å². The maximum atomic E-state index is 5.92. The highest BCUT2D eigenvalue weighted by atomic mass is 16.5. The number of para-hydroxylation sites is 1. The van der Waals surface area contributed by atoms with Crippen LogP contribution in [0.5, 0.6) is 5.75 Å². The smallest absolute Gasteiger partial charge is 0.230 e. The fraction of sp³-hybridized carbons (Fsp3) is 0.333. The first-order valence-electron chi connectivity index (χ1n) is 8.83. The van der Waals surface area contributed by atoms with Crippen molar-refractivity contribution >= 4 is 0 Å². The van der Waals surface area contributed by atoms with E-state index in [-0.39, 0.29) is 6.04 Å². The van der Waals surface area contributed by atoms with Gasteiger partial charge in [-0.05, 0) is 38.2 Å². The average Bonchev–Trinajstić information content (AvgIpc) is 3.06. The number of likely N-dealkylation sites (N-methyl/N-ethyl adjacent to an activating group) is 1. The Hall–Kier alpha value is -2.70. The zero-order chi connectivity index (χ0) is 19.2. The van der Waals surface area contributed by atoms with Crippen molar-refractivity contribution in [2.24, 2.45) is 0 Å². The summed E-state index contributed by atoms with van der Waals surface area (Å²) in [5.41, 5.74) is 2.69. The molecule has 27 heavy (non-hydrogen) atoms. The number of benzene rings is 1. The maximum Gasteiger partial charge on any atom is 0.230 e.